The number of aromatic nitrogens is 1. The summed E-state index contributed by atoms with van der Waals surface area (Å²) in [4.78, 5) is 24.7. The van der Waals surface area contributed by atoms with E-state index in [2.05, 4.69) is 32.9 Å². The molecule has 0 aliphatic heterocycles. The predicted octanol–water partition coefficient (Wildman–Crippen LogP) is 3.54. The minimum Gasteiger partial charge on any atom is -0.465 e. The number of rotatable bonds is 1. The number of ketones is 1. The number of allylic oxidation sites excluding steroid dienone is 3. The van der Waals surface area contributed by atoms with Gasteiger partial charge in [-0.25, -0.2) is 4.79 Å². The van der Waals surface area contributed by atoms with Crippen molar-refractivity contribution in [3.63, 3.8) is 0 Å². The van der Waals surface area contributed by atoms with Crippen molar-refractivity contribution in [1.29, 1.82) is 0 Å². The van der Waals surface area contributed by atoms with Gasteiger partial charge in [-0.1, -0.05) is 44.5 Å². The van der Waals surface area contributed by atoms with Gasteiger partial charge in [-0.05, 0) is 36.7 Å². The zero-order valence-corrected chi connectivity index (χ0v) is 16.0. The molecule has 0 N–H and O–H groups in total. The lowest BCUT2D eigenvalue weighted by Crippen LogP contribution is -2.53. The van der Waals surface area contributed by atoms with Crippen molar-refractivity contribution in [3.8, 4) is 0 Å². The Morgan fingerprint density at radius 3 is 2.73 bits per heavy atom. The van der Waals surface area contributed by atoms with Crippen LogP contribution in [0.15, 0.2) is 34.0 Å². The highest BCUT2D eigenvalue weighted by Gasteiger charge is 2.59. The molecule has 5 nitrogen and oxygen atoms in total. The third-order valence-electron chi connectivity index (χ3n) is 7.02. The van der Waals surface area contributed by atoms with Gasteiger partial charge in [0.15, 0.2) is 5.78 Å². The monoisotopic (exact) mass is 355 g/mol. The molecule has 1 heterocycles. The zero-order valence-electron chi connectivity index (χ0n) is 16.0. The van der Waals surface area contributed by atoms with E-state index in [1.165, 1.54) is 7.11 Å². The minimum atomic E-state index is -0.552. The lowest BCUT2D eigenvalue weighted by atomic mass is 9.45. The molecule has 0 saturated heterocycles. The van der Waals surface area contributed by atoms with E-state index < -0.39 is 5.97 Å². The van der Waals surface area contributed by atoms with Gasteiger partial charge in [0, 0.05) is 16.4 Å². The Morgan fingerprint density at radius 2 is 2.04 bits per heavy atom. The van der Waals surface area contributed by atoms with Crippen LogP contribution in [0.4, 0.5) is 0 Å². The lowest BCUT2D eigenvalue weighted by molar-refractivity contribution is -0.137. The van der Waals surface area contributed by atoms with E-state index >= 15 is 0 Å². The topological polar surface area (TPSA) is 69.4 Å². The summed E-state index contributed by atoms with van der Waals surface area (Å²) >= 11 is 0. The quantitative estimate of drug-likeness (QED) is 0.569. The van der Waals surface area contributed by atoms with Crippen molar-refractivity contribution in [3.05, 3.63) is 40.8 Å². The molecule has 3 aliphatic carbocycles. The van der Waals surface area contributed by atoms with Crippen molar-refractivity contribution < 1.29 is 18.8 Å². The largest absolute Gasteiger partial charge is 0.465 e. The number of carbonyl (C=O) groups excluding carboxylic acids is 2. The second-order valence-corrected chi connectivity index (χ2v) is 8.98. The third kappa shape index (κ3) is 2.06. The normalized spacial score (nSPS) is 34.8. The van der Waals surface area contributed by atoms with Crippen LogP contribution in [0.25, 0.3) is 0 Å². The van der Waals surface area contributed by atoms with Crippen molar-refractivity contribution in [2.75, 3.05) is 7.11 Å². The Morgan fingerprint density at radius 1 is 1.31 bits per heavy atom. The summed E-state index contributed by atoms with van der Waals surface area (Å²) in [5.41, 5.74) is 1.75. The maximum atomic E-state index is 12.7. The van der Waals surface area contributed by atoms with Crippen molar-refractivity contribution in [1.82, 2.24) is 5.16 Å². The zero-order chi connectivity index (χ0) is 18.9. The molecule has 0 unspecified atom stereocenters. The first-order valence-corrected chi connectivity index (χ1v) is 9.16. The van der Waals surface area contributed by atoms with Crippen LogP contribution in [0.3, 0.4) is 0 Å². The number of esters is 1. The molecule has 0 bridgehead atoms. The van der Waals surface area contributed by atoms with Crippen LogP contribution < -0.4 is 0 Å². The van der Waals surface area contributed by atoms with Gasteiger partial charge in [0.2, 0.25) is 0 Å². The maximum absolute atomic E-state index is 12.7. The Labute approximate surface area is 153 Å². The Kier molecular flexibility index (Phi) is 3.44. The molecule has 0 aromatic carbocycles. The summed E-state index contributed by atoms with van der Waals surface area (Å²) in [6, 6.07) is 0. The first-order chi connectivity index (χ1) is 12.1. The number of hydrogen-bond acceptors (Lipinski definition) is 5. The van der Waals surface area contributed by atoms with Gasteiger partial charge < -0.3 is 9.26 Å². The van der Waals surface area contributed by atoms with E-state index in [0.29, 0.717) is 5.92 Å². The molecule has 3 atom stereocenters. The molecule has 3 aliphatic rings. The Balaban J connectivity index is 1.85. The van der Waals surface area contributed by atoms with Gasteiger partial charge in [0.1, 0.15) is 11.3 Å². The highest BCUT2D eigenvalue weighted by Crippen LogP contribution is 2.64. The van der Waals surface area contributed by atoms with E-state index in [1.54, 1.807) is 6.08 Å². The molecular formula is C21H25NO4. The Hall–Kier alpha value is -2.17. The van der Waals surface area contributed by atoms with Gasteiger partial charge in [-0.2, -0.15) is 0 Å². The lowest BCUT2D eigenvalue weighted by Gasteiger charge is -2.58. The van der Waals surface area contributed by atoms with Crippen molar-refractivity contribution >= 4 is 11.8 Å². The van der Waals surface area contributed by atoms with E-state index in [4.69, 9.17) is 9.26 Å². The van der Waals surface area contributed by atoms with Gasteiger partial charge in [-0.15, -0.1) is 0 Å². The summed E-state index contributed by atoms with van der Waals surface area (Å²) in [5.74, 6) is 0.511. The summed E-state index contributed by atoms with van der Waals surface area (Å²) in [6.07, 6.45) is 8.04. The van der Waals surface area contributed by atoms with Crippen LogP contribution in [-0.4, -0.2) is 24.0 Å². The molecule has 0 radical (unpaired) electrons. The molecule has 26 heavy (non-hydrogen) atoms. The van der Waals surface area contributed by atoms with E-state index in [9.17, 15) is 9.59 Å². The van der Waals surface area contributed by atoms with E-state index in [0.717, 1.165) is 36.2 Å². The van der Waals surface area contributed by atoms with Crippen molar-refractivity contribution in [2.45, 2.75) is 52.4 Å². The average Bonchev–Trinajstić information content (AvgIpc) is 3.03. The van der Waals surface area contributed by atoms with Crippen LogP contribution in [0.2, 0.25) is 0 Å². The van der Waals surface area contributed by atoms with Gasteiger partial charge >= 0.3 is 5.97 Å². The third-order valence-corrected chi connectivity index (χ3v) is 7.02. The number of methoxy groups -OCH3 is 1. The highest BCUT2D eigenvalue weighted by atomic mass is 16.5. The maximum Gasteiger partial charge on any atom is 0.341 e. The molecule has 0 amide bonds. The number of ether oxygens (including phenoxy) is 1. The number of hydrogen-bond donors (Lipinski definition) is 0. The Bertz CT molecular complexity index is 874. The molecule has 4 rings (SSSR count). The first-order valence-electron chi connectivity index (χ1n) is 9.16. The van der Waals surface area contributed by atoms with Gasteiger partial charge in [-0.3, -0.25) is 4.79 Å². The molecule has 1 saturated carbocycles. The molecular weight excluding hydrogens is 330 g/mol. The van der Waals surface area contributed by atoms with Crippen LogP contribution in [0, 0.1) is 16.7 Å². The molecule has 0 spiro atoms. The molecule has 5 heteroatoms. The van der Waals surface area contributed by atoms with Gasteiger partial charge in [0.25, 0.3) is 0 Å². The van der Waals surface area contributed by atoms with Crippen LogP contribution in [0.1, 0.15) is 51.9 Å². The van der Waals surface area contributed by atoms with E-state index in [-0.39, 0.29) is 27.6 Å². The summed E-state index contributed by atoms with van der Waals surface area (Å²) < 4.78 is 10.4. The average molecular weight is 355 g/mol. The highest BCUT2D eigenvalue weighted by molar-refractivity contribution is 6.22. The predicted molar refractivity (Wildman–Crippen MR) is 95.4 cm³/mol. The fourth-order valence-corrected chi connectivity index (χ4v) is 5.93. The summed E-state index contributed by atoms with van der Waals surface area (Å²) in [7, 11) is 1.31. The van der Waals surface area contributed by atoms with Crippen LogP contribution >= 0.6 is 0 Å². The molecule has 1 aromatic rings. The van der Waals surface area contributed by atoms with E-state index in [1.807, 2.05) is 12.3 Å². The fourth-order valence-electron chi connectivity index (χ4n) is 5.93. The second kappa shape index (κ2) is 5.18. The number of fused-ring (bicyclic) bond motifs is 4. The molecule has 138 valence electrons. The van der Waals surface area contributed by atoms with Crippen LogP contribution in [0.5, 0.6) is 0 Å². The minimum absolute atomic E-state index is 0.154. The summed E-state index contributed by atoms with van der Waals surface area (Å²) in [5, 5.41) is 4.04. The molecule has 1 fully saturated rings. The van der Waals surface area contributed by atoms with Crippen molar-refractivity contribution in [2.24, 2.45) is 16.7 Å². The number of carbonyl (C=O) groups is 2. The second-order valence-electron chi connectivity index (χ2n) is 8.98. The first kappa shape index (κ1) is 17.3. The SMILES string of the molecule is COC(=O)C1=C[C@]2(C)CC[C@H]3C(C)(C)c4oncc4C[C@]3(C)C2=CC1=O. The standard InChI is InChI=1S/C21H25NO4/c1-19(2)15-6-7-20(3)10-13(18(24)25-5)14(23)8-16(20)21(15,4)9-12-11-22-26-17(12)19/h8,10-11,15H,6-7,9H2,1-5H3/t15-,20-,21-/m0/s1. The smallest absolute Gasteiger partial charge is 0.341 e. The number of nitrogens with zero attached hydrogens (tertiary/aromatic N) is 1. The fraction of sp³-hybridized carbons (Fsp3) is 0.571. The molecule has 1 aromatic heterocycles. The van der Waals surface area contributed by atoms with Gasteiger partial charge in [0.05, 0.1) is 13.3 Å². The summed E-state index contributed by atoms with van der Waals surface area (Å²) in [6.45, 7) is 8.81. The van der Waals surface area contributed by atoms with Crippen LogP contribution in [-0.2, 0) is 26.2 Å².